The molecule has 0 bridgehead atoms. The van der Waals surface area contributed by atoms with E-state index in [1.54, 1.807) is 38.5 Å². The van der Waals surface area contributed by atoms with Crippen molar-refractivity contribution in [3.63, 3.8) is 0 Å². The van der Waals surface area contributed by atoms with Crippen LogP contribution in [-0.4, -0.2) is 38.2 Å². The van der Waals surface area contributed by atoms with Crippen LogP contribution in [0.25, 0.3) is 0 Å². The second kappa shape index (κ2) is 9.31. The summed E-state index contributed by atoms with van der Waals surface area (Å²) in [5, 5.41) is 0.625. The zero-order valence-corrected chi connectivity index (χ0v) is 18.3. The van der Waals surface area contributed by atoms with E-state index in [1.165, 1.54) is 0 Å². The van der Waals surface area contributed by atoms with Crippen LogP contribution in [0.15, 0.2) is 66.7 Å². The lowest BCUT2D eigenvalue weighted by molar-refractivity contribution is -0.135. The zero-order valence-electron chi connectivity index (χ0n) is 17.5. The van der Waals surface area contributed by atoms with Crippen molar-refractivity contribution in [2.24, 2.45) is 0 Å². The third-order valence-corrected chi connectivity index (χ3v) is 5.74. The van der Waals surface area contributed by atoms with Crippen molar-refractivity contribution in [1.29, 1.82) is 0 Å². The molecule has 5 nitrogen and oxygen atoms in total. The van der Waals surface area contributed by atoms with Crippen molar-refractivity contribution < 1.29 is 19.0 Å². The minimum absolute atomic E-state index is 0.0480. The van der Waals surface area contributed by atoms with Crippen LogP contribution in [0, 0.1) is 0 Å². The van der Waals surface area contributed by atoms with E-state index in [-0.39, 0.29) is 18.6 Å². The molecule has 1 aliphatic rings. The van der Waals surface area contributed by atoms with Crippen LogP contribution in [0.1, 0.15) is 22.7 Å². The lowest BCUT2D eigenvalue weighted by atomic mass is 9.87. The Balaban J connectivity index is 1.66. The van der Waals surface area contributed by atoms with Crippen molar-refractivity contribution in [2.45, 2.75) is 12.5 Å². The molecular formula is C25H24ClNO4. The molecule has 4 rings (SSSR count). The van der Waals surface area contributed by atoms with Gasteiger partial charge in [-0.1, -0.05) is 41.9 Å². The predicted molar refractivity (Wildman–Crippen MR) is 120 cm³/mol. The first-order valence-electron chi connectivity index (χ1n) is 10.1. The molecule has 0 aliphatic carbocycles. The molecule has 0 fully saturated rings. The summed E-state index contributed by atoms with van der Waals surface area (Å²) in [6.07, 6.45) is 0.728. The Hall–Kier alpha value is -3.18. The average molecular weight is 438 g/mol. The number of amides is 1. The molecule has 0 unspecified atom stereocenters. The number of rotatable bonds is 6. The van der Waals surface area contributed by atoms with Crippen LogP contribution in [-0.2, 0) is 11.2 Å². The van der Waals surface area contributed by atoms with Gasteiger partial charge in [0, 0.05) is 11.6 Å². The molecule has 160 valence electrons. The fourth-order valence-corrected chi connectivity index (χ4v) is 4.09. The van der Waals surface area contributed by atoms with Crippen LogP contribution in [0.2, 0.25) is 5.02 Å². The molecule has 1 heterocycles. The minimum Gasteiger partial charge on any atom is -0.493 e. The van der Waals surface area contributed by atoms with Gasteiger partial charge in [-0.05, 0) is 59.5 Å². The largest absolute Gasteiger partial charge is 0.493 e. The summed E-state index contributed by atoms with van der Waals surface area (Å²) in [4.78, 5) is 15.1. The van der Waals surface area contributed by atoms with E-state index < -0.39 is 0 Å². The van der Waals surface area contributed by atoms with E-state index in [9.17, 15) is 4.79 Å². The topological polar surface area (TPSA) is 48.0 Å². The number of carbonyl (C=O) groups is 1. The normalized spacial score (nSPS) is 15.2. The van der Waals surface area contributed by atoms with Gasteiger partial charge in [0.1, 0.15) is 5.75 Å². The highest BCUT2D eigenvalue weighted by molar-refractivity contribution is 6.30. The molecule has 0 N–H and O–H groups in total. The first-order chi connectivity index (χ1) is 15.1. The first kappa shape index (κ1) is 21.1. The highest BCUT2D eigenvalue weighted by Crippen LogP contribution is 2.41. The van der Waals surface area contributed by atoms with E-state index in [1.807, 2.05) is 47.4 Å². The highest BCUT2D eigenvalue weighted by Gasteiger charge is 2.33. The first-order valence-corrected chi connectivity index (χ1v) is 10.5. The maximum Gasteiger partial charge on any atom is 0.261 e. The smallest absolute Gasteiger partial charge is 0.261 e. The third-order valence-electron chi connectivity index (χ3n) is 5.49. The summed E-state index contributed by atoms with van der Waals surface area (Å²) in [6.45, 7) is 0.540. The van der Waals surface area contributed by atoms with Gasteiger partial charge in [-0.2, -0.15) is 0 Å². The van der Waals surface area contributed by atoms with Crippen molar-refractivity contribution in [2.75, 3.05) is 27.4 Å². The quantitative estimate of drug-likeness (QED) is 0.549. The standard InChI is InChI=1S/C25H24ClNO4/c1-29-22-14-18-12-13-27(24(28)16-31-20-10-8-19(26)9-11-20)25(17-6-4-3-5-7-17)21(18)15-23(22)30-2/h3-11,14-15,25H,12-13,16H2,1-2H3/t25-/m1/s1. The Morgan fingerprint density at radius 2 is 1.68 bits per heavy atom. The molecule has 0 saturated heterocycles. The molecule has 0 aromatic heterocycles. The molecule has 6 heteroatoms. The third kappa shape index (κ3) is 4.47. The Bertz CT molecular complexity index is 1050. The lowest BCUT2D eigenvalue weighted by Gasteiger charge is -2.38. The number of hydrogen-bond acceptors (Lipinski definition) is 4. The molecule has 1 amide bonds. The van der Waals surface area contributed by atoms with Crippen LogP contribution >= 0.6 is 11.6 Å². The fourth-order valence-electron chi connectivity index (χ4n) is 3.97. The van der Waals surface area contributed by atoms with Crippen molar-refractivity contribution in [3.05, 3.63) is 88.4 Å². The van der Waals surface area contributed by atoms with E-state index in [2.05, 4.69) is 0 Å². The number of halogens is 1. The number of methoxy groups -OCH3 is 2. The summed E-state index contributed by atoms with van der Waals surface area (Å²) in [5.74, 6) is 1.87. The van der Waals surface area contributed by atoms with Gasteiger partial charge in [0.15, 0.2) is 18.1 Å². The van der Waals surface area contributed by atoms with Crippen molar-refractivity contribution in [3.8, 4) is 17.2 Å². The number of ether oxygens (including phenoxy) is 3. The number of carbonyl (C=O) groups excluding carboxylic acids is 1. The second-order valence-corrected chi connectivity index (χ2v) is 7.74. The van der Waals surface area contributed by atoms with E-state index >= 15 is 0 Å². The maximum atomic E-state index is 13.2. The van der Waals surface area contributed by atoms with Gasteiger partial charge in [-0.15, -0.1) is 0 Å². The van der Waals surface area contributed by atoms with Gasteiger partial charge in [-0.3, -0.25) is 4.79 Å². The number of nitrogens with zero attached hydrogens (tertiary/aromatic N) is 1. The second-order valence-electron chi connectivity index (χ2n) is 7.30. The highest BCUT2D eigenvalue weighted by atomic mass is 35.5. The molecule has 0 spiro atoms. The van der Waals surface area contributed by atoms with E-state index in [0.29, 0.717) is 28.8 Å². The Morgan fingerprint density at radius 1 is 1.00 bits per heavy atom. The van der Waals surface area contributed by atoms with E-state index in [4.69, 9.17) is 25.8 Å². The van der Waals surface area contributed by atoms with Crippen molar-refractivity contribution in [1.82, 2.24) is 4.90 Å². The summed E-state index contributed by atoms with van der Waals surface area (Å²) < 4.78 is 16.7. The Morgan fingerprint density at radius 3 is 2.35 bits per heavy atom. The number of benzene rings is 3. The zero-order chi connectivity index (χ0) is 21.8. The maximum absolute atomic E-state index is 13.2. The summed E-state index contributed by atoms with van der Waals surface area (Å²) in [5.41, 5.74) is 3.22. The summed E-state index contributed by atoms with van der Waals surface area (Å²) >= 11 is 5.93. The molecule has 3 aromatic carbocycles. The Labute approximate surface area is 187 Å². The summed E-state index contributed by atoms with van der Waals surface area (Å²) in [7, 11) is 3.25. The molecule has 1 atom stereocenters. The number of fused-ring (bicyclic) bond motifs is 1. The summed E-state index contributed by atoms with van der Waals surface area (Å²) in [6, 6.07) is 20.8. The van der Waals surface area contributed by atoms with Crippen LogP contribution in [0.4, 0.5) is 0 Å². The molecule has 3 aromatic rings. The lowest BCUT2D eigenvalue weighted by Crippen LogP contribution is -2.43. The number of hydrogen-bond donors (Lipinski definition) is 0. The molecule has 0 radical (unpaired) electrons. The monoisotopic (exact) mass is 437 g/mol. The van der Waals surface area contributed by atoms with Gasteiger partial charge >= 0.3 is 0 Å². The Kier molecular flexibility index (Phi) is 6.33. The SMILES string of the molecule is COc1cc2c(cc1OC)[C@@H](c1ccccc1)N(C(=O)COc1ccc(Cl)cc1)CC2. The van der Waals surface area contributed by atoms with Gasteiger partial charge in [0.25, 0.3) is 5.91 Å². The van der Waals surface area contributed by atoms with E-state index in [0.717, 1.165) is 23.1 Å². The van der Waals surface area contributed by atoms with Gasteiger partial charge in [0.05, 0.1) is 20.3 Å². The predicted octanol–water partition coefficient (Wildman–Crippen LogP) is 4.91. The van der Waals surface area contributed by atoms with Gasteiger partial charge in [0.2, 0.25) is 0 Å². The average Bonchev–Trinajstić information content (AvgIpc) is 2.82. The molecule has 0 saturated carbocycles. The fraction of sp³-hybridized carbons (Fsp3) is 0.240. The van der Waals surface area contributed by atoms with Gasteiger partial charge in [-0.25, -0.2) is 0 Å². The van der Waals surface area contributed by atoms with Gasteiger partial charge < -0.3 is 19.1 Å². The van der Waals surface area contributed by atoms with Crippen LogP contribution < -0.4 is 14.2 Å². The van der Waals surface area contributed by atoms with Crippen LogP contribution in [0.3, 0.4) is 0 Å². The van der Waals surface area contributed by atoms with Crippen molar-refractivity contribution >= 4 is 17.5 Å². The molecular weight excluding hydrogens is 414 g/mol. The molecule has 31 heavy (non-hydrogen) atoms. The molecule has 1 aliphatic heterocycles. The van der Waals surface area contributed by atoms with Crippen LogP contribution in [0.5, 0.6) is 17.2 Å². The minimum atomic E-state index is -0.230.